The minimum absolute atomic E-state index is 0.0763. The van der Waals surface area contributed by atoms with Crippen molar-refractivity contribution in [1.29, 1.82) is 0 Å². The van der Waals surface area contributed by atoms with E-state index in [1.807, 2.05) is 138 Å². The van der Waals surface area contributed by atoms with Crippen molar-refractivity contribution >= 4 is 17.8 Å². The van der Waals surface area contributed by atoms with Crippen molar-refractivity contribution in [3.05, 3.63) is 155 Å². The lowest BCUT2D eigenvalue weighted by molar-refractivity contribution is -0.135. The van der Waals surface area contributed by atoms with Gasteiger partial charge in [0.05, 0.1) is 35.4 Å². The topological polar surface area (TPSA) is 160 Å². The molecule has 9 rings (SSSR count). The summed E-state index contributed by atoms with van der Waals surface area (Å²) in [6, 6.07) is 35.0. The Kier molecular flexibility index (Phi) is 12.2. The third-order valence-corrected chi connectivity index (χ3v) is 12.5. The van der Waals surface area contributed by atoms with Gasteiger partial charge >= 0.3 is 6.03 Å². The molecule has 63 heavy (non-hydrogen) atoms. The number of rotatable bonds is 9. The number of aromatic nitrogens is 4. The summed E-state index contributed by atoms with van der Waals surface area (Å²) in [4.78, 5) is 57.1. The third kappa shape index (κ3) is 9.14. The maximum atomic E-state index is 14.3. The molecule has 5 N–H and O–H groups in total. The number of benzene rings is 4. The Morgan fingerprint density at radius 2 is 1.30 bits per heavy atom. The van der Waals surface area contributed by atoms with E-state index in [4.69, 9.17) is 10.7 Å². The molecule has 0 saturated carbocycles. The highest BCUT2D eigenvalue weighted by molar-refractivity contribution is 5.89. The summed E-state index contributed by atoms with van der Waals surface area (Å²) in [7, 11) is 2.05. The number of likely N-dealkylation sites (tertiary alicyclic amines) is 2. The number of urea groups is 1. The second kappa shape index (κ2) is 18.5. The first-order valence-electron chi connectivity index (χ1n) is 21.8. The fourth-order valence-corrected chi connectivity index (χ4v) is 8.88. The van der Waals surface area contributed by atoms with Gasteiger partial charge in [0.15, 0.2) is 0 Å². The number of likely N-dealkylation sites (N-methyl/N-ethyl adjacent to an activating group) is 1. The van der Waals surface area contributed by atoms with Crippen molar-refractivity contribution < 1.29 is 14.4 Å². The minimum Gasteiger partial charge on any atom is -0.340 e. The highest BCUT2D eigenvalue weighted by Crippen LogP contribution is 2.36. The van der Waals surface area contributed by atoms with Crippen LogP contribution in [0, 0.1) is 11.8 Å². The first-order chi connectivity index (χ1) is 30.8. The van der Waals surface area contributed by atoms with E-state index in [0.717, 1.165) is 95.1 Å². The van der Waals surface area contributed by atoms with Crippen molar-refractivity contribution in [2.24, 2.45) is 5.73 Å². The molecular weight excluding hydrogens is 789 g/mol. The van der Waals surface area contributed by atoms with Gasteiger partial charge in [-0.25, -0.2) is 9.78 Å². The first-order valence-corrected chi connectivity index (χ1v) is 21.8. The van der Waals surface area contributed by atoms with Crippen LogP contribution in [0.25, 0.3) is 22.5 Å². The van der Waals surface area contributed by atoms with E-state index in [0.29, 0.717) is 26.2 Å². The van der Waals surface area contributed by atoms with Gasteiger partial charge in [-0.1, -0.05) is 96.8 Å². The Morgan fingerprint density at radius 3 is 1.95 bits per heavy atom. The van der Waals surface area contributed by atoms with Gasteiger partial charge in [-0.05, 0) is 79.8 Å². The Balaban J connectivity index is 0.826. The molecule has 3 aliphatic rings. The lowest BCUT2D eigenvalue weighted by Crippen LogP contribution is -2.53. The molecule has 0 unspecified atom stereocenters. The van der Waals surface area contributed by atoms with Gasteiger partial charge in [-0.15, -0.1) is 0 Å². The number of carbonyl (C=O) groups is 3. The summed E-state index contributed by atoms with van der Waals surface area (Å²) in [5, 5.41) is 10.8. The molecule has 6 aromatic rings. The SMILES string of the molecule is CN1CCN(C(=O)N[C@@H](C(=O)N2CCC[C@H]2c2ncc(-c3ccc(C#Cc4ccc(-c5cc([C@@H]6CCCN6C(=O)[C@H](N)c6ccccc6)[nH]n5)cc4)cc3)[nH]2)c2ccccc2)CC1. The molecule has 0 aliphatic carbocycles. The molecule has 13 heteroatoms. The van der Waals surface area contributed by atoms with Gasteiger partial charge in [-0.2, -0.15) is 5.10 Å². The summed E-state index contributed by atoms with van der Waals surface area (Å²) in [6.45, 7) is 4.09. The minimum atomic E-state index is -0.803. The number of carbonyl (C=O) groups excluding carboxylic acids is 3. The fourth-order valence-electron chi connectivity index (χ4n) is 8.88. The van der Waals surface area contributed by atoms with Crippen LogP contribution >= 0.6 is 0 Å². The fraction of sp³-hybridized carbons (Fsp3) is 0.300. The van der Waals surface area contributed by atoms with Gasteiger partial charge in [0.1, 0.15) is 17.9 Å². The van der Waals surface area contributed by atoms with Crippen LogP contribution < -0.4 is 11.1 Å². The normalized spacial score (nSPS) is 18.7. The van der Waals surface area contributed by atoms with Crippen molar-refractivity contribution in [1.82, 2.24) is 45.1 Å². The summed E-state index contributed by atoms with van der Waals surface area (Å²) < 4.78 is 0. The molecular formula is C50H52N10O3. The van der Waals surface area contributed by atoms with Crippen LogP contribution in [0.5, 0.6) is 0 Å². The predicted molar refractivity (Wildman–Crippen MR) is 242 cm³/mol. The molecule has 0 spiro atoms. The third-order valence-electron chi connectivity index (χ3n) is 12.5. The molecule has 3 saturated heterocycles. The summed E-state index contributed by atoms with van der Waals surface area (Å²) in [5.74, 6) is 7.07. The van der Waals surface area contributed by atoms with Crippen LogP contribution in [0.4, 0.5) is 4.79 Å². The van der Waals surface area contributed by atoms with E-state index in [-0.39, 0.29) is 29.9 Å². The zero-order valence-electron chi connectivity index (χ0n) is 35.4. The van der Waals surface area contributed by atoms with E-state index >= 15 is 0 Å². The molecule has 3 aliphatic heterocycles. The number of H-pyrrole nitrogens is 2. The van der Waals surface area contributed by atoms with Gasteiger partial charge in [0.2, 0.25) is 11.8 Å². The molecule has 5 heterocycles. The number of piperazine rings is 1. The second-order valence-electron chi connectivity index (χ2n) is 16.6. The molecule has 4 atom stereocenters. The summed E-state index contributed by atoms with van der Waals surface area (Å²) in [6.07, 6.45) is 5.19. The number of aromatic amines is 2. The predicted octanol–water partition coefficient (Wildman–Crippen LogP) is 6.59. The molecule has 0 radical (unpaired) electrons. The van der Waals surface area contributed by atoms with E-state index < -0.39 is 12.1 Å². The van der Waals surface area contributed by atoms with Crippen molar-refractivity contribution in [3.8, 4) is 34.4 Å². The van der Waals surface area contributed by atoms with E-state index in [2.05, 4.69) is 37.2 Å². The van der Waals surface area contributed by atoms with Gasteiger partial charge in [0.25, 0.3) is 0 Å². The molecule has 3 fully saturated rings. The van der Waals surface area contributed by atoms with Crippen molar-refractivity contribution in [2.75, 3.05) is 46.3 Å². The molecule has 4 aromatic carbocycles. The Labute approximate surface area is 367 Å². The average molecular weight is 841 g/mol. The highest BCUT2D eigenvalue weighted by atomic mass is 16.2. The molecule has 320 valence electrons. The van der Waals surface area contributed by atoms with Crippen LogP contribution in [-0.2, 0) is 9.59 Å². The van der Waals surface area contributed by atoms with Crippen LogP contribution in [0.1, 0.15) is 83.6 Å². The van der Waals surface area contributed by atoms with Gasteiger partial charge in [0, 0.05) is 56.0 Å². The number of imidazole rings is 1. The summed E-state index contributed by atoms with van der Waals surface area (Å²) >= 11 is 0. The van der Waals surface area contributed by atoms with Crippen LogP contribution in [0.2, 0.25) is 0 Å². The Hall–Kier alpha value is -7.01. The first kappa shape index (κ1) is 41.3. The number of nitrogens with one attached hydrogen (secondary N) is 3. The zero-order valence-corrected chi connectivity index (χ0v) is 35.4. The summed E-state index contributed by atoms with van der Waals surface area (Å²) in [5.41, 5.74) is 14.2. The van der Waals surface area contributed by atoms with Gasteiger partial charge < -0.3 is 35.6 Å². The molecule has 13 nitrogen and oxygen atoms in total. The zero-order chi connectivity index (χ0) is 43.3. The van der Waals surface area contributed by atoms with E-state index in [9.17, 15) is 14.4 Å². The standard InChI is InChI=1S/C50H52N10O3/c1-57-28-30-58(31-29-57)50(63)54-46(39-12-6-3-7-13-39)49(62)60-27-9-15-44(60)47-52-33-42(53-47)37-24-20-35(21-25-37)17-16-34-18-22-36(23-19-34)40-32-41(56-55-40)43-14-8-26-59(43)48(61)45(51)38-10-4-2-5-11-38/h2-7,10-13,18-25,32-33,43-46H,8-9,14-15,26-31,51H2,1H3,(H,52,53)(H,54,63)(H,55,56)/t43-,44-,45+,46+/m0/s1. The smallest absolute Gasteiger partial charge is 0.318 e. The van der Waals surface area contributed by atoms with Gasteiger partial charge in [-0.3, -0.25) is 14.7 Å². The molecule has 2 aromatic heterocycles. The maximum Gasteiger partial charge on any atom is 0.318 e. The Bertz CT molecular complexity index is 2590. The second-order valence-corrected chi connectivity index (χ2v) is 16.6. The average Bonchev–Trinajstić information content (AvgIpc) is 4.18. The molecule has 0 bridgehead atoms. The van der Waals surface area contributed by atoms with E-state index in [1.165, 1.54) is 0 Å². The Morgan fingerprint density at radius 1 is 0.714 bits per heavy atom. The van der Waals surface area contributed by atoms with Crippen molar-refractivity contribution in [2.45, 2.75) is 49.9 Å². The van der Waals surface area contributed by atoms with Crippen LogP contribution in [-0.4, -0.2) is 104 Å². The number of hydrogen-bond acceptors (Lipinski definition) is 7. The highest BCUT2D eigenvalue weighted by Gasteiger charge is 2.38. The number of nitrogens with zero attached hydrogens (tertiary/aromatic N) is 6. The monoisotopic (exact) mass is 840 g/mol. The maximum absolute atomic E-state index is 14.3. The van der Waals surface area contributed by atoms with Crippen LogP contribution in [0.15, 0.2) is 121 Å². The van der Waals surface area contributed by atoms with Crippen LogP contribution in [0.3, 0.4) is 0 Å². The van der Waals surface area contributed by atoms with E-state index in [1.54, 1.807) is 4.90 Å². The lowest BCUT2D eigenvalue weighted by atomic mass is 10.0. The molecule has 4 amide bonds. The largest absolute Gasteiger partial charge is 0.340 e. The number of hydrogen-bond donors (Lipinski definition) is 4. The van der Waals surface area contributed by atoms with Crippen molar-refractivity contribution in [3.63, 3.8) is 0 Å². The number of nitrogens with two attached hydrogens (primary N) is 1. The quantitative estimate of drug-likeness (QED) is 0.120. The number of amides is 4. The lowest BCUT2D eigenvalue weighted by Gasteiger charge is -2.34.